The first-order valence-corrected chi connectivity index (χ1v) is 12.3. The van der Waals surface area contributed by atoms with E-state index in [9.17, 15) is 19.5 Å². The van der Waals surface area contributed by atoms with Gasteiger partial charge in [-0.15, -0.1) is 0 Å². The maximum atomic E-state index is 12.8. The highest BCUT2D eigenvalue weighted by Crippen LogP contribution is 2.44. The standard InChI is InChI=1S/C28H32N2O5/c1-2-8-19(26(31)30-20-10-7-9-18(15-20)27(32)33)16-29-28(34)35-17-25-23-13-5-3-11-21(23)22-12-4-6-14-24(22)25/h3-7,10-14,18-20,25H,2,8-9,15-17H2,1H3,(H,29,34)(H,30,31)(H,32,33)/t18-,19?,20-/m0/s1. The molecular formula is C28H32N2O5. The van der Waals surface area contributed by atoms with E-state index in [2.05, 4.69) is 34.9 Å². The number of allylic oxidation sites excluding steroid dienone is 1. The number of carboxylic acid groups (broad SMARTS) is 1. The second kappa shape index (κ2) is 11.2. The summed E-state index contributed by atoms with van der Waals surface area (Å²) in [5.74, 6) is -1.97. The smallest absolute Gasteiger partial charge is 0.407 e. The molecule has 184 valence electrons. The molecule has 7 nitrogen and oxygen atoms in total. The number of ether oxygens (including phenoxy) is 1. The Morgan fingerprint density at radius 3 is 2.34 bits per heavy atom. The molecule has 0 spiro atoms. The highest BCUT2D eigenvalue weighted by Gasteiger charge is 2.30. The Labute approximate surface area is 205 Å². The second-order valence-corrected chi connectivity index (χ2v) is 9.24. The summed E-state index contributed by atoms with van der Waals surface area (Å²) < 4.78 is 5.58. The topological polar surface area (TPSA) is 105 Å². The molecule has 0 saturated carbocycles. The lowest BCUT2D eigenvalue weighted by Gasteiger charge is -2.25. The molecule has 0 bridgehead atoms. The van der Waals surface area contributed by atoms with Gasteiger partial charge in [0.2, 0.25) is 5.91 Å². The minimum Gasteiger partial charge on any atom is -0.481 e. The average molecular weight is 477 g/mol. The fraction of sp³-hybridized carbons (Fsp3) is 0.393. The summed E-state index contributed by atoms with van der Waals surface area (Å²) in [7, 11) is 0. The largest absolute Gasteiger partial charge is 0.481 e. The summed E-state index contributed by atoms with van der Waals surface area (Å²) in [6.45, 7) is 2.36. The van der Waals surface area contributed by atoms with Crippen molar-refractivity contribution in [2.45, 2.75) is 44.6 Å². The molecule has 2 aliphatic carbocycles. The fourth-order valence-corrected chi connectivity index (χ4v) is 5.03. The van der Waals surface area contributed by atoms with Gasteiger partial charge in [0.15, 0.2) is 0 Å². The Balaban J connectivity index is 1.31. The third-order valence-electron chi connectivity index (χ3n) is 6.85. The van der Waals surface area contributed by atoms with Crippen molar-refractivity contribution < 1.29 is 24.2 Å². The lowest BCUT2D eigenvalue weighted by atomic mass is 9.90. The van der Waals surface area contributed by atoms with Crippen LogP contribution >= 0.6 is 0 Å². The van der Waals surface area contributed by atoms with E-state index in [0.29, 0.717) is 19.3 Å². The summed E-state index contributed by atoms with van der Waals surface area (Å²) in [4.78, 5) is 36.7. The molecule has 2 amide bonds. The van der Waals surface area contributed by atoms with Gasteiger partial charge in [0.1, 0.15) is 6.61 Å². The molecule has 0 aromatic heterocycles. The van der Waals surface area contributed by atoms with Crippen molar-refractivity contribution in [3.05, 3.63) is 71.8 Å². The van der Waals surface area contributed by atoms with E-state index in [1.807, 2.05) is 37.3 Å². The van der Waals surface area contributed by atoms with Crippen LogP contribution in [0.15, 0.2) is 60.7 Å². The summed E-state index contributed by atoms with van der Waals surface area (Å²) in [5, 5.41) is 14.9. The van der Waals surface area contributed by atoms with Crippen LogP contribution in [0.5, 0.6) is 0 Å². The normalized spacial score (nSPS) is 19.3. The first kappa shape index (κ1) is 24.5. The molecule has 0 saturated heterocycles. The minimum atomic E-state index is -0.851. The Morgan fingerprint density at radius 2 is 1.71 bits per heavy atom. The number of nitrogens with one attached hydrogen (secondary N) is 2. The van der Waals surface area contributed by atoms with Crippen LogP contribution in [0, 0.1) is 11.8 Å². The molecular weight excluding hydrogens is 444 g/mol. The zero-order valence-corrected chi connectivity index (χ0v) is 19.9. The van der Waals surface area contributed by atoms with E-state index in [4.69, 9.17) is 4.74 Å². The van der Waals surface area contributed by atoms with Crippen molar-refractivity contribution in [1.82, 2.24) is 10.6 Å². The number of aliphatic carboxylic acids is 1. The molecule has 1 unspecified atom stereocenters. The molecule has 4 rings (SSSR count). The first-order chi connectivity index (χ1) is 17.0. The van der Waals surface area contributed by atoms with Crippen LogP contribution in [0.25, 0.3) is 11.1 Å². The average Bonchev–Trinajstić information content (AvgIpc) is 3.19. The molecule has 3 atom stereocenters. The molecule has 0 fully saturated rings. The lowest BCUT2D eigenvalue weighted by molar-refractivity contribution is -0.142. The van der Waals surface area contributed by atoms with Crippen LogP contribution < -0.4 is 10.6 Å². The Bertz CT molecular complexity index is 1070. The van der Waals surface area contributed by atoms with Crippen LogP contribution in [-0.2, 0) is 14.3 Å². The molecule has 2 aromatic rings. The van der Waals surface area contributed by atoms with Gasteiger partial charge in [-0.25, -0.2) is 4.79 Å². The van der Waals surface area contributed by atoms with Crippen LogP contribution in [0.3, 0.4) is 0 Å². The van der Waals surface area contributed by atoms with E-state index < -0.39 is 23.9 Å². The van der Waals surface area contributed by atoms with Crippen LogP contribution in [0.2, 0.25) is 0 Å². The van der Waals surface area contributed by atoms with Crippen molar-refractivity contribution >= 4 is 18.0 Å². The molecule has 7 heteroatoms. The number of amides is 2. The first-order valence-electron chi connectivity index (χ1n) is 12.3. The van der Waals surface area contributed by atoms with Crippen LogP contribution in [-0.4, -0.2) is 42.3 Å². The molecule has 0 heterocycles. The second-order valence-electron chi connectivity index (χ2n) is 9.24. The van der Waals surface area contributed by atoms with E-state index in [0.717, 1.165) is 17.5 Å². The van der Waals surface area contributed by atoms with Gasteiger partial charge in [-0.3, -0.25) is 9.59 Å². The highest BCUT2D eigenvalue weighted by molar-refractivity contribution is 5.81. The Hall–Kier alpha value is -3.61. The zero-order valence-electron chi connectivity index (χ0n) is 19.9. The molecule has 0 aliphatic heterocycles. The highest BCUT2D eigenvalue weighted by atomic mass is 16.5. The lowest BCUT2D eigenvalue weighted by Crippen LogP contribution is -2.44. The number of benzene rings is 2. The van der Waals surface area contributed by atoms with Crippen molar-refractivity contribution in [3.63, 3.8) is 0 Å². The SMILES string of the molecule is CCCC(CNC(=O)OCC1c2ccccc2-c2ccccc21)C(=O)N[C@H]1C=CC[C@H](C(=O)O)C1. The van der Waals surface area contributed by atoms with Crippen molar-refractivity contribution in [3.8, 4) is 11.1 Å². The number of alkyl carbamates (subject to hydrolysis) is 1. The van der Waals surface area contributed by atoms with Gasteiger partial charge in [-0.05, 0) is 41.5 Å². The zero-order chi connectivity index (χ0) is 24.8. The summed E-state index contributed by atoms with van der Waals surface area (Å²) >= 11 is 0. The van der Waals surface area contributed by atoms with Crippen molar-refractivity contribution in [2.75, 3.05) is 13.2 Å². The maximum absolute atomic E-state index is 12.8. The number of fused-ring (bicyclic) bond motifs is 3. The third-order valence-corrected chi connectivity index (χ3v) is 6.85. The van der Waals surface area contributed by atoms with Gasteiger partial charge in [-0.2, -0.15) is 0 Å². The molecule has 35 heavy (non-hydrogen) atoms. The predicted molar refractivity (Wildman–Crippen MR) is 133 cm³/mol. The Morgan fingerprint density at radius 1 is 1.06 bits per heavy atom. The van der Waals surface area contributed by atoms with Gasteiger partial charge in [-0.1, -0.05) is 74.0 Å². The quantitative estimate of drug-likeness (QED) is 0.463. The van der Waals surface area contributed by atoms with Gasteiger partial charge in [0.05, 0.1) is 11.8 Å². The monoisotopic (exact) mass is 476 g/mol. The van der Waals surface area contributed by atoms with Crippen LogP contribution in [0.4, 0.5) is 4.79 Å². The van der Waals surface area contributed by atoms with Gasteiger partial charge in [0, 0.05) is 18.5 Å². The number of hydrogen-bond acceptors (Lipinski definition) is 4. The van der Waals surface area contributed by atoms with E-state index in [1.54, 1.807) is 6.08 Å². The fourth-order valence-electron chi connectivity index (χ4n) is 5.03. The minimum absolute atomic E-state index is 0.0249. The van der Waals surface area contributed by atoms with E-state index in [1.165, 1.54) is 11.1 Å². The number of carbonyl (C=O) groups is 3. The molecule has 0 radical (unpaired) electrons. The van der Waals surface area contributed by atoms with E-state index >= 15 is 0 Å². The van der Waals surface area contributed by atoms with Gasteiger partial charge >= 0.3 is 12.1 Å². The van der Waals surface area contributed by atoms with Gasteiger partial charge in [0.25, 0.3) is 0 Å². The number of rotatable bonds is 9. The van der Waals surface area contributed by atoms with Crippen molar-refractivity contribution in [2.24, 2.45) is 11.8 Å². The number of hydrogen-bond donors (Lipinski definition) is 3. The van der Waals surface area contributed by atoms with E-state index in [-0.39, 0.29) is 31.0 Å². The summed E-state index contributed by atoms with van der Waals surface area (Å²) in [5.41, 5.74) is 4.62. The number of carbonyl (C=O) groups excluding carboxylic acids is 2. The van der Waals surface area contributed by atoms with Crippen LogP contribution in [0.1, 0.15) is 49.7 Å². The summed E-state index contributed by atoms with van der Waals surface area (Å²) in [6, 6.07) is 16.0. The van der Waals surface area contributed by atoms with Crippen molar-refractivity contribution in [1.29, 1.82) is 0 Å². The molecule has 2 aliphatic rings. The number of carboxylic acids is 1. The molecule has 3 N–H and O–H groups in total. The predicted octanol–water partition coefficient (Wildman–Crippen LogP) is 4.48. The third kappa shape index (κ3) is 5.73. The Kier molecular flexibility index (Phi) is 7.85. The summed E-state index contributed by atoms with van der Waals surface area (Å²) in [6.07, 6.45) is 5.33. The maximum Gasteiger partial charge on any atom is 0.407 e. The van der Waals surface area contributed by atoms with Gasteiger partial charge < -0.3 is 20.5 Å². The molecule has 2 aromatic carbocycles.